The predicted octanol–water partition coefficient (Wildman–Crippen LogP) is 2.76. The van der Waals surface area contributed by atoms with Gasteiger partial charge >= 0.3 is 5.97 Å². The van der Waals surface area contributed by atoms with Crippen molar-refractivity contribution in [3.8, 4) is 40.1 Å². The molecule has 0 saturated carbocycles. The third kappa shape index (κ3) is 3.15. The summed E-state index contributed by atoms with van der Waals surface area (Å²) >= 11 is 0. The molecular weight excluding hydrogens is 356 g/mol. The van der Waals surface area contributed by atoms with Crippen molar-refractivity contribution in [2.24, 2.45) is 0 Å². The molecular formula is C19H14O8. The summed E-state index contributed by atoms with van der Waals surface area (Å²) in [6.45, 7) is 4.82. The monoisotopic (exact) mass is 370 g/mol. The van der Waals surface area contributed by atoms with E-state index in [4.69, 9.17) is 9.15 Å². The Bertz CT molecular complexity index is 1160. The van der Waals surface area contributed by atoms with E-state index in [-0.39, 0.29) is 33.6 Å². The normalized spacial score (nSPS) is 10.7. The summed E-state index contributed by atoms with van der Waals surface area (Å²) in [6, 6.07) is 5.61. The van der Waals surface area contributed by atoms with Crippen LogP contribution in [0.1, 0.15) is 6.92 Å². The molecule has 0 unspecified atom stereocenters. The molecule has 0 radical (unpaired) electrons. The number of hydrogen-bond donors (Lipinski definition) is 4. The third-order valence-electron chi connectivity index (χ3n) is 3.70. The lowest BCUT2D eigenvalue weighted by atomic mass is 10.1. The molecule has 0 aliphatic carbocycles. The van der Waals surface area contributed by atoms with Gasteiger partial charge in [-0.3, -0.25) is 4.79 Å². The van der Waals surface area contributed by atoms with Gasteiger partial charge in [0.05, 0.1) is 0 Å². The Morgan fingerprint density at radius 3 is 2.37 bits per heavy atom. The summed E-state index contributed by atoms with van der Waals surface area (Å²) < 4.78 is 10.7. The molecule has 8 nitrogen and oxygen atoms in total. The van der Waals surface area contributed by atoms with Gasteiger partial charge in [0.15, 0.2) is 17.3 Å². The van der Waals surface area contributed by atoms with E-state index in [1.54, 1.807) is 0 Å². The number of aromatic hydroxyl groups is 4. The fourth-order valence-corrected chi connectivity index (χ4v) is 2.40. The molecule has 8 heteroatoms. The number of ether oxygens (including phenoxy) is 1. The highest BCUT2D eigenvalue weighted by Crippen LogP contribution is 2.38. The highest BCUT2D eigenvalue weighted by Gasteiger charge is 2.23. The van der Waals surface area contributed by atoms with Crippen molar-refractivity contribution in [3.63, 3.8) is 0 Å². The largest absolute Gasteiger partial charge is 0.508 e. The second kappa shape index (κ2) is 6.41. The zero-order valence-corrected chi connectivity index (χ0v) is 14.0. The SMILES string of the molecule is C=C(C)C(=O)Oc1c(-c2ccc(O)c(O)c2)oc2cc(O)cc(O)c2c1=O. The average Bonchev–Trinajstić information content (AvgIpc) is 2.58. The summed E-state index contributed by atoms with van der Waals surface area (Å²) in [5.41, 5.74) is -0.915. The van der Waals surface area contributed by atoms with Gasteiger partial charge in [-0.05, 0) is 25.1 Å². The van der Waals surface area contributed by atoms with Crippen LogP contribution in [0.15, 0.2) is 51.7 Å². The van der Waals surface area contributed by atoms with E-state index in [1.807, 2.05) is 0 Å². The lowest BCUT2D eigenvalue weighted by molar-refractivity contribution is -0.130. The molecule has 27 heavy (non-hydrogen) atoms. The van der Waals surface area contributed by atoms with Crippen LogP contribution in [0.4, 0.5) is 0 Å². The molecule has 0 fully saturated rings. The molecule has 0 bridgehead atoms. The molecule has 0 aliphatic rings. The van der Waals surface area contributed by atoms with Gasteiger partial charge in [0.2, 0.25) is 11.2 Å². The zero-order chi connectivity index (χ0) is 19.9. The van der Waals surface area contributed by atoms with Crippen LogP contribution in [0.25, 0.3) is 22.3 Å². The lowest BCUT2D eigenvalue weighted by Crippen LogP contribution is -2.16. The number of carbonyl (C=O) groups is 1. The highest BCUT2D eigenvalue weighted by molar-refractivity contribution is 5.92. The number of rotatable bonds is 3. The minimum atomic E-state index is -0.899. The molecule has 138 valence electrons. The number of phenolic OH excluding ortho intramolecular Hbond substituents is 4. The maximum Gasteiger partial charge on any atom is 0.338 e. The minimum Gasteiger partial charge on any atom is -0.508 e. The number of fused-ring (bicyclic) bond motifs is 1. The first kappa shape index (κ1) is 17.9. The van der Waals surface area contributed by atoms with Crippen molar-refractivity contribution in [1.82, 2.24) is 0 Å². The summed E-state index contributed by atoms with van der Waals surface area (Å²) in [5, 5.41) is 38.5. The highest BCUT2D eigenvalue weighted by atomic mass is 16.5. The first-order chi connectivity index (χ1) is 12.7. The maximum absolute atomic E-state index is 12.8. The molecule has 3 rings (SSSR count). The van der Waals surface area contributed by atoms with Crippen LogP contribution < -0.4 is 10.2 Å². The zero-order valence-electron chi connectivity index (χ0n) is 14.0. The fraction of sp³-hybridized carbons (Fsp3) is 0.0526. The van der Waals surface area contributed by atoms with Gasteiger partial charge in [0, 0.05) is 23.3 Å². The number of hydrogen-bond acceptors (Lipinski definition) is 8. The first-order valence-corrected chi connectivity index (χ1v) is 7.62. The molecule has 4 N–H and O–H groups in total. The van der Waals surface area contributed by atoms with Gasteiger partial charge in [-0.15, -0.1) is 0 Å². The van der Waals surface area contributed by atoms with Gasteiger partial charge < -0.3 is 29.6 Å². The third-order valence-corrected chi connectivity index (χ3v) is 3.70. The fourth-order valence-electron chi connectivity index (χ4n) is 2.40. The van der Waals surface area contributed by atoms with Gasteiger partial charge in [0.1, 0.15) is 22.5 Å². The molecule has 1 aromatic heterocycles. The van der Waals surface area contributed by atoms with Gasteiger partial charge in [-0.2, -0.15) is 0 Å². The number of phenols is 4. The summed E-state index contributed by atoms with van der Waals surface area (Å²) in [4.78, 5) is 24.8. The van der Waals surface area contributed by atoms with Crippen LogP contribution >= 0.6 is 0 Å². The van der Waals surface area contributed by atoms with E-state index in [0.29, 0.717) is 0 Å². The van der Waals surface area contributed by atoms with Crippen LogP contribution in [-0.2, 0) is 4.79 Å². The Hall–Kier alpha value is -3.94. The van der Waals surface area contributed by atoms with Crippen molar-refractivity contribution in [2.45, 2.75) is 6.92 Å². The van der Waals surface area contributed by atoms with Crippen molar-refractivity contribution in [2.75, 3.05) is 0 Å². The summed E-state index contributed by atoms with van der Waals surface area (Å²) in [6.07, 6.45) is 0. The van der Waals surface area contributed by atoms with Crippen LogP contribution in [0.5, 0.6) is 28.7 Å². The van der Waals surface area contributed by atoms with E-state index >= 15 is 0 Å². The summed E-state index contributed by atoms with van der Waals surface area (Å²) in [7, 11) is 0. The smallest absolute Gasteiger partial charge is 0.338 e. The predicted molar refractivity (Wildman–Crippen MR) is 95.0 cm³/mol. The molecule has 0 amide bonds. The molecule has 0 aliphatic heterocycles. The first-order valence-electron chi connectivity index (χ1n) is 7.62. The average molecular weight is 370 g/mol. The van der Waals surface area contributed by atoms with Gasteiger partial charge in [0.25, 0.3) is 0 Å². The topological polar surface area (TPSA) is 137 Å². The van der Waals surface area contributed by atoms with Crippen molar-refractivity contribution in [1.29, 1.82) is 0 Å². The Balaban J connectivity index is 2.38. The quantitative estimate of drug-likeness (QED) is 0.314. The lowest BCUT2D eigenvalue weighted by Gasteiger charge is -2.12. The Morgan fingerprint density at radius 2 is 1.74 bits per heavy atom. The maximum atomic E-state index is 12.8. The standard InChI is InChI=1S/C19H14O8/c1-8(2)19(25)27-18-16(24)15-13(23)6-10(20)7-14(15)26-17(18)9-3-4-11(21)12(22)5-9/h3-7,20-23H,1H2,2H3. The second-order valence-corrected chi connectivity index (χ2v) is 5.80. The molecule has 0 spiro atoms. The van der Waals surface area contributed by atoms with Crippen LogP contribution in [0.2, 0.25) is 0 Å². The van der Waals surface area contributed by atoms with Crippen LogP contribution in [0, 0.1) is 0 Å². The molecule has 0 saturated heterocycles. The number of carbonyl (C=O) groups excluding carboxylic acids is 1. The Kier molecular flexibility index (Phi) is 4.24. The molecule has 2 aromatic carbocycles. The van der Waals surface area contributed by atoms with Crippen LogP contribution in [-0.4, -0.2) is 26.4 Å². The van der Waals surface area contributed by atoms with Gasteiger partial charge in [-0.1, -0.05) is 6.58 Å². The summed E-state index contributed by atoms with van der Waals surface area (Å²) in [5.74, 6) is -3.50. The van der Waals surface area contributed by atoms with Crippen molar-refractivity contribution in [3.05, 3.63) is 52.7 Å². The van der Waals surface area contributed by atoms with E-state index in [2.05, 4.69) is 6.58 Å². The minimum absolute atomic E-state index is 0.0175. The van der Waals surface area contributed by atoms with Gasteiger partial charge in [-0.25, -0.2) is 4.79 Å². The Labute approximate surface area is 151 Å². The van der Waals surface area contributed by atoms with E-state index < -0.39 is 34.4 Å². The number of benzene rings is 2. The van der Waals surface area contributed by atoms with E-state index in [9.17, 15) is 30.0 Å². The molecule has 3 aromatic rings. The molecule has 1 heterocycles. The van der Waals surface area contributed by atoms with E-state index in [1.165, 1.54) is 13.0 Å². The molecule has 0 atom stereocenters. The number of esters is 1. The van der Waals surface area contributed by atoms with Crippen molar-refractivity contribution >= 4 is 16.9 Å². The van der Waals surface area contributed by atoms with Crippen molar-refractivity contribution < 1.29 is 34.4 Å². The van der Waals surface area contributed by atoms with E-state index in [0.717, 1.165) is 24.3 Å². The second-order valence-electron chi connectivity index (χ2n) is 5.80. The van der Waals surface area contributed by atoms with Crippen LogP contribution in [0.3, 0.4) is 0 Å². The Morgan fingerprint density at radius 1 is 1.04 bits per heavy atom.